The number of alkyl halides is 3. The Morgan fingerprint density at radius 2 is 1.72 bits per heavy atom. The van der Waals surface area contributed by atoms with Crippen LogP contribution >= 0.6 is 0 Å². The van der Waals surface area contributed by atoms with Gasteiger partial charge in [0.05, 0.1) is 11.1 Å². The molecule has 0 saturated heterocycles. The molecule has 2 aromatic rings. The van der Waals surface area contributed by atoms with Crippen LogP contribution in [0.4, 0.5) is 18.9 Å². The van der Waals surface area contributed by atoms with E-state index in [1.165, 1.54) is 12.1 Å². The van der Waals surface area contributed by atoms with E-state index in [9.17, 15) is 22.8 Å². The van der Waals surface area contributed by atoms with Crippen LogP contribution in [0.5, 0.6) is 0 Å². The maximum absolute atomic E-state index is 12.9. The summed E-state index contributed by atoms with van der Waals surface area (Å²) in [6.45, 7) is 3.01. The third-order valence-corrected chi connectivity index (χ3v) is 3.67. The van der Waals surface area contributed by atoms with Crippen molar-refractivity contribution < 1.29 is 27.5 Å². The number of aryl methyl sites for hydroxylation is 1. The molecular weight excluding hydrogens is 335 g/mol. The number of nitrogens with one attached hydrogen (secondary N) is 1. The highest BCUT2D eigenvalue weighted by molar-refractivity contribution is 5.96. The minimum atomic E-state index is -4.68. The van der Waals surface area contributed by atoms with Crippen molar-refractivity contribution in [1.82, 2.24) is 0 Å². The van der Waals surface area contributed by atoms with Gasteiger partial charge in [-0.2, -0.15) is 13.2 Å². The van der Waals surface area contributed by atoms with Gasteiger partial charge < -0.3 is 10.1 Å². The molecule has 0 radical (unpaired) electrons. The van der Waals surface area contributed by atoms with E-state index in [1.54, 1.807) is 12.1 Å². The minimum absolute atomic E-state index is 0.553. The van der Waals surface area contributed by atoms with E-state index < -0.39 is 35.8 Å². The summed E-state index contributed by atoms with van der Waals surface area (Å²) in [7, 11) is 0. The largest absolute Gasteiger partial charge is 0.452 e. The molecule has 4 nitrogen and oxygen atoms in total. The summed E-state index contributed by atoms with van der Waals surface area (Å²) in [6.07, 6.45) is -4.68. The van der Waals surface area contributed by atoms with Gasteiger partial charge in [0, 0.05) is 5.69 Å². The third kappa shape index (κ3) is 4.59. The van der Waals surface area contributed by atoms with Crippen LogP contribution in [0, 0.1) is 13.8 Å². The number of benzene rings is 2. The Labute approximate surface area is 142 Å². The lowest BCUT2D eigenvalue weighted by Crippen LogP contribution is -2.23. The lowest BCUT2D eigenvalue weighted by atomic mass is 10.1. The fourth-order valence-corrected chi connectivity index (χ4v) is 2.19. The summed E-state index contributed by atoms with van der Waals surface area (Å²) >= 11 is 0. The first-order valence-corrected chi connectivity index (χ1v) is 7.39. The van der Waals surface area contributed by atoms with Gasteiger partial charge in [-0.05, 0) is 43.2 Å². The molecule has 0 aromatic heterocycles. The summed E-state index contributed by atoms with van der Waals surface area (Å²) < 4.78 is 43.4. The van der Waals surface area contributed by atoms with Crippen molar-refractivity contribution in [1.29, 1.82) is 0 Å². The fourth-order valence-electron chi connectivity index (χ4n) is 2.19. The van der Waals surface area contributed by atoms with Crippen LogP contribution < -0.4 is 5.32 Å². The summed E-state index contributed by atoms with van der Waals surface area (Å²) in [4.78, 5) is 23.8. The molecule has 0 atom stereocenters. The lowest BCUT2D eigenvalue weighted by Gasteiger charge is -2.13. The molecule has 2 aromatic carbocycles. The van der Waals surface area contributed by atoms with E-state index in [4.69, 9.17) is 4.74 Å². The number of hydrogen-bond acceptors (Lipinski definition) is 3. The Balaban J connectivity index is 2.03. The number of rotatable bonds is 4. The number of halogens is 3. The molecular formula is C18H16F3NO3. The van der Waals surface area contributed by atoms with Gasteiger partial charge in [0.2, 0.25) is 0 Å². The van der Waals surface area contributed by atoms with Crippen LogP contribution in [-0.4, -0.2) is 18.5 Å². The van der Waals surface area contributed by atoms with E-state index in [-0.39, 0.29) is 0 Å². The average molecular weight is 351 g/mol. The van der Waals surface area contributed by atoms with Crippen molar-refractivity contribution in [3.63, 3.8) is 0 Å². The van der Waals surface area contributed by atoms with Crippen molar-refractivity contribution in [3.8, 4) is 0 Å². The molecule has 0 saturated carbocycles. The number of anilines is 1. The van der Waals surface area contributed by atoms with Crippen molar-refractivity contribution in [2.45, 2.75) is 20.0 Å². The highest BCUT2D eigenvalue weighted by Crippen LogP contribution is 2.32. The molecule has 1 amide bonds. The van der Waals surface area contributed by atoms with Crippen LogP contribution in [-0.2, 0) is 15.7 Å². The van der Waals surface area contributed by atoms with Crippen LogP contribution in [0.1, 0.15) is 27.0 Å². The Hall–Kier alpha value is -2.83. The second-order valence-electron chi connectivity index (χ2n) is 5.42. The zero-order chi connectivity index (χ0) is 18.6. The molecule has 0 aliphatic carbocycles. The molecule has 0 bridgehead atoms. The van der Waals surface area contributed by atoms with Crippen molar-refractivity contribution >= 4 is 17.6 Å². The van der Waals surface area contributed by atoms with Crippen LogP contribution in [0.15, 0.2) is 42.5 Å². The van der Waals surface area contributed by atoms with E-state index in [1.807, 2.05) is 19.9 Å². The monoisotopic (exact) mass is 351 g/mol. The van der Waals surface area contributed by atoms with Crippen LogP contribution in [0.2, 0.25) is 0 Å². The summed E-state index contributed by atoms with van der Waals surface area (Å²) in [5.41, 5.74) is 0.639. The van der Waals surface area contributed by atoms with E-state index in [0.717, 1.165) is 23.3 Å². The third-order valence-electron chi connectivity index (χ3n) is 3.67. The number of carbonyl (C=O) groups excluding carboxylic acids is 2. The Bertz CT molecular complexity index is 800. The number of amides is 1. The van der Waals surface area contributed by atoms with Gasteiger partial charge in [-0.25, -0.2) is 4.79 Å². The molecule has 0 spiro atoms. The summed E-state index contributed by atoms with van der Waals surface area (Å²) in [6, 6.07) is 9.57. The van der Waals surface area contributed by atoms with Gasteiger partial charge >= 0.3 is 12.1 Å². The van der Waals surface area contributed by atoms with E-state index >= 15 is 0 Å². The van der Waals surface area contributed by atoms with Crippen molar-refractivity contribution in [3.05, 3.63) is 64.7 Å². The molecule has 132 valence electrons. The maximum Gasteiger partial charge on any atom is 0.417 e. The molecule has 0 aliphatic heterocycles. The van der Waals surface area contributed by atoms with Gasteiger partial charge in [0.1, 0.15) is 0 Å². The normalized spacial score (nSPS) is 11.1. The minimum Gasteiger partial charge on any atom is -0.452 e. The van der Waals surface area contributed by atoms with Gasteiger partial charge in [-0.3, -0.25) is 4.79 Å². The molecule has 0 fully saturated rings. The smallest absolute Gasteiger partial charge is 0.417 e. The number of carbonyl (C=O) groups is 2. The molecule has 0 heterocycles. The Morgan fingerprint density at radius 1 is 1.04 bits per heavy atom. The molecule has 1 N–H and O–H groups in total. The maximum atomic E-state index is 12.9. The fraction of sp³-hybridized carbons (Fsp3) is 0.222. The highest BCUT2D eigenvalue weighted by Gasteiger charge is 2.35. The second-order valence-corrected chi connectivity index (χ2v) is 5.42. The molecule has 7 heteroatoms. The quantitative estimate of drug-likeness (QED) is 0.843. The van der Waals surface area contributed by atoms with Gasteiger partial charge in [0.15, 0.2) is 6.61 Å². The zero-order valence-electron chi connectivity index (χ0n) is 13.6. The molecule has 25 heavy (non-hydrogen) atoms. The predicted molar refractivity (Wildman–Crippen MR) is 86.3 cm³/mol. The topological polar surface area (TPSA) is 55.4 Å². The lowest BCUT2D eigenvalue weighted by molar-refractivity contribution is -0.138. The van der Waals surface area contributed by atoms with Gasteiger partial charge in [-0.1, -0.05) is 24.3 Å². The van der Waals surface area contributed by atoms with Crippen molar-refractivity contribution in [2.24, 2.45) is 0 Å². The second kappa shape index (κ2) is 7.38. The first-order chi connectivity index (χ1) is 11.7. The SMILES string of the molecule is Cc1cccc(NC(=O)COC(=O)c2ccccc2C(F)(F)F)c1C. The Kier molecular flexibility index (Phi) is 5.46. The number of hydrogen-bond donors (Lipinski definition) is 1. The van der Waals surface area contributed by atoms with Crippen LogP contribution in [0.25, 0.3) is 0 Å². The van der Waals surface area contributed by atoms with Crippen LogP contribution in [0.3, 0.4) is 0 Å². The van der Waals surface area contributed by atoms with E-state index in [0.29, 0.717) is 5.69 Å². The average Bonchev–Trinajstić information content (AvgIpc) is 2.56. The van der Waals surface area contributed by atoms with E-state index in [2.05, 4.69) is 5.32 Å². The summed E-state index contributed by atoms with van der Waals surface area (Å²) in [5.74, 6) is -1.84. The Morgan fingerprint density at radius 3 is 2.40 bits per heavy atom. The van der Waals surface area contributed by atoms with Gasteiger partial charge in [-0.15, -0.1) is 0 Å². The number of ether oxygens (including phenoxy) is 1. The first kappa shape index (κ1) is 18.5. The number of esters is 1. The summed E-state index contributed by atoms with van der Waals surface area (Å²) in [5, 5.41) is 2.56. The zero-order valence-corrected chi connectivity index (χ0v) is 13.6. The standard InChI is InChI=1S/C18H16F3NO3/c1-11-6-5-9-15(12(11)2)22-16(23)10-25-17(24)13-7-3-4-8-14(13)18(19,20)21/h3-9H,10H2,1-2H3,(H,22,23). The highest BCUT2D eigenvalue weighted by atomic mass is 19.4. The molecule has 0 aliphatic rings. The first-order valence-electron chi connectivity index (χ1n) is 7.39. The molecule has 0 unspecified atom stereocenters. The predicted octanol–water partition coefficient (Wildman–Crippen LogP) is 4.12. The van der Waals surface area contributed by atoms with Gasteiger partial charge in [0.25, 0.3) is 5.91 Å². The molecule has 2 rings (SSSR count). The van der Waals surface area contributed by atoms with Crippen molar-refractivity contribution in [2.75, 3.05) is 11.9 Å².